The van der Waals surface area contributed by atoms with Crippen LogP contribution in [0.15, 0.2) is 53.7 Å². The molecular weight excluding hydrogens is 405 g/mol. The Kier molecular flexibility index (Phi) is 5.51. The number of nitrogens with zero attached hydrogens (tertiary/aromatic N) is 4. The third-order valence-electron chi connectivity index (χ3n) is 3.24. The Labute approximate surface area is 160 Å². The second-order valence-corrected chi connectivity index (χ2v) is 6.39. The highest BCUT2D eigenvalue weighted by molar-refractivity contribution is 7.98. The zero-order valence-corrected chi connectivity index (χ0v) is 14.8. The highest BCUT2D eigenvalue weighted by Gasteiger charge is 2.33. The molecule has 3 aromatic rings. The number of alkyl halides is 3. The maximum Gasteiger partial charge on any atom is 0.417 e. The average Bonchev–Trinajstić information content (AvgIpc) is 3.16. The Balaban J connectivity index is 1.58. The third kappa shape index (κ3) is 4.89. The van der Waals surface area contributed by atoms with Crippen molar-refractivity contribution in [3.05, 3.63) is 59.4 Å². The summed E-state index contributed by atoms with van der Waals surface area (Å²) in [6.07, 6.45) is -3.17. The van der Waals surface area contributed by atoms with Crippen molar-refractivity contribution in [3.8, 4) is 5.69 Å². The quantitative estimate of drug-likeness (QED) is 0.626. The summed E-state index contributed by atoms with van der Waals surface area (Å²) in [7, 11) is 0. The van der Waals surface area contributed by atoms with Crippen LogP contribution >= 0.6 is 23.5 Å². The summed E-state index contributed by atoms with van der Waals surface area (Å²) in [6, 6.07) is 9.39. The standard InChI is InChI=1S/C15H10ClF3N6OS/c16-13-6-1-9(7-12(13)15(17,18)19)21-14(26)22-27-11-4-2-10(3-5-11)25-8-20-23-24-25/h1-8H,(H2,21,22,26). The van der Waals surface area contributed by atoms with Crippen LogP contribution in [-0.2, 0) is 6.18 Å². The van der Waals surface area contributed by atoms with Gasteiger partial charge in [-0.05, 0) is 64.8 Å². The van der Waals surface area contributed by atoms with Gasteiger partial charge >= 0.3 is 12.2 Å². The summed E-state index contributed by atoms with van der Waals surface area (Å²) in [4.78, 5) is 12.6. The monoisotopic (exact) mass is 414 g/mol. The molecule has 1 aromatic heterocycles. The minimum atomic E-state index is -4.61. The number of aromatic nitrogens is 4. The predicted molar refractivity (Wildman–Crippen MR) is 93.6 cm³/mol. The molecule has 0 saturated heterocycles. The van der Waals surface area contributed by atoms with Gasteiger partial charge < -0.3 is 5.32 Å². The van der Waals surface area contributed by atoms with E-state index < -0.39 is 22.8 Å². The molecule has 0 unspecified atom stereocenters. The van der Waals surface area contributed by atoms with Crippen LogP contribution in [0.3, 0.4) is 0 Å². The zero-order valence-electron chi connectivity index (χ0n) is 13.2. The van der Waals surface area contributed by atoms with E-state index in [9.17, 15) is 18.0 Å². The van der Waals surface area contributed by atoms with Crippen LogP contribution in [-0.4, -0.2) is 26.2 Å². The topological polar surface area (TPSA) is 84.7 Å². The largest absolute Gasteiger partial charge is 0.417 e. The van der Waals surface area contributed by atoms with Crippen LogP contribution in [0, 0.1) is 0 Å². The number of benzene rings is 2. The van der Waals surface area contributed by atoms with Crippen molar-refractivity contribution in [2.24, 2.45) is 0 Å². The number of hydrogen-bond acceptors (Lipinski definition) is 5. The number of carbonyl (C=O) groups is 1. The molecule has 0 radical (unpaired) electrons. The molecule has 0 fully saturated rings. The van der Waals surface area contributed by atoms with Gasteiger partial charge in [-0.2, -0.15) is 13.2 Å². The molecular formula is C15H10ClF3N6OS. The summed E-state index contributed by atoms with van der Waals surface area (Å²) >= 11 is 6.54. The number of urea groups is 1. The Morgan fingerprint density at radius 2 is 1.89 bits per heavy atom. The highest BCUT2D eigenvalue weighted by atomic mass is 35.5. The number of carbonyl (C=O) groups excluding carboxylic acids is 1. The molecule has 0 aliphatic heterocycles. The van der Waals surface area contributed by atoms with Crippen LogP contribution in [0.25, 0.3) is 5.69 Å². The summed E-state index contributed by atoms with van der Waals surface area (Å²) in [5.41, 5.74) is -0.318. The number of hydrogen-bond donors (Lipinski definition) is 2. The fourth-order valence-electron chi connectivity index (χ4n) is 2.03. The maximum atomic E-state index is 12.8. The van der Waals surface area contributed by atoms with E-state index >= 15 is 0 Å². The molecule has 0 bridgehead atoms. The summed E-state index contributed by atoms with van der Waals surface area (Å²) in [5.74, 6) is 0. The molecule has 140 valence electrons. The molecule has 2 amide bonds. The van der Waals surface area contributed by atoms with Gasteiger partial charge in [0.05, 0.1) is 16.3 Å². The first-order valence-electron chi connectivity index (χ1n) is 7.27. The first-order chi connectivity index (χ1) is 12.8. The molecule has 1 heterocycles. The van der Waals surface area contributed by atoms with E-state index in [1.165, 1.54) is 17.1 Å². The van der Waals surface area contributed by atoms with Gasteiger partial charge in [0.25, 0.3) is 0 Å². The number of amides is 2. The Morgan fingerprint density at radius 3 is 2.52 bits per heavy atom. The minimum Gasteiger partial charge on any atom is -0.307 e. The first-order valence-corrected chi connectivity index (χ1v) is 8.46. The van der Waals surface area contributed by atoms with Gasteiger partial charge in [-0.3, -0.25) is 4.72 Å². The molecule has 0 spiro atoms. The number of nitrogens with one attached hydrogen (secondary N) is 2. The van der Waals surface area contributed by atoms with Crippen LogP contribution in [0.2, 0.25) is 5.02 Å². The molecule has 3 rings (SSSR count). The molecule has 0 aliphatic rings. The van der Waals surface area contributed by atoms with Crippen molar-refractivity contribution >= 4 is 35.3 Å². The van der Waals surface area contributed by atoms with E-state index in [1.807, 2.05) is 0 Å². The molecule has 0 atom stereocenters. The van der Waals surface area contributed by atoms with E-state index in [1.54, 1.807) is 24.3 Å². The van der Waals surface area contributed by atoms with Crippen molar-refractivity contribution < 1.29 is 18.0 Å². The lowest BCUT2D eigenvalue weighted by Gasteiger charge is -2.12. The predicted octanol–water partition coefficient (Wildman–Crippen LogP) is 4.16. The number of anilines is 1. The highest BCUT2D eigenvalue weighted by Crippen LogP contribution is 2.36. The Hall–Kier alpha value is -2.79. The molecule has 7 nitrogen and oxygen atoms in total. The lowest BCUT2D eigenvalue weighted by molar-refractivity contribution is -0.137. The summed E-state index contributed by atoms with van der Waals surface area (Å²) in [6.45, 7) is 0. The van der Waals surface area contributed by atoms with Crippen LogP contribution in [0.5, 0.6) is 0 Å². The lowest BCUT2D eigenvalue weighted by Crippen LogP contribution is -2.23. The fourth-order valence-corrected chi connectivity index (χ4v) is 2.79. The molecule has 27 heavy (non-hydrogen) atoms. The van der Waals surface area contributed by atoms with E-state index in [-0.39, 0.29) is 5.69 Å². The fraction of sp³-hybridized carbons (Fsp3) is 0.0667. The van der Waals surface area contributed by atoms with Crippen molar-refractivity contribution in [3.63, 3.8) is 0 Å². The van der Waals surface area contributed by atoms with Gasteiger partial charge in [-0.25, -0.2) is 9.48 Å². The Bertz CT molecular complexity index is 934. The van der Waals surface area contributed by atoms with Gasteiger partial charge in [0, 0.05) is 10.6 Å². The van der Waals surface area contributed by atoms with E-state index in [0.29, 0.717) is 4.90 Å². The van der Waals surface area contributed by atoms with Crippen molar-refractivity contribution in [2.45, 2.75) is 11.1 Å². The lowest BCUT2D eigenvalue weighted by atomic mass is 10.2. The smallest absolute Gasteiger partial charge is 0.307 e. The molecule has 12 heteroatoms. The van der Waals surface area contributed by atoms with Gasteiger partial charge in [-0.1, -0.05) is 11.6 Å². The van der Waals surface area contributed by atoms with E-state index in [2.05, 4.69) is 25.6 Å². The van der Waals surface area contributed by atoms with Crippen molar-refractivity contribution in [2.75, 3.05) is 5.32 Å². The van der Waals surface area contributed by atoms with Crippen molar-refractivity contribution in [1.82, 2.24) is 24.9 Å². The molecule has 0 saturated carbocycles. The summed E-state index contributed by atoms with van der Waals surface area (Å²) in [5, 5.41) is 12.7. The van der Waals surface area contributed by atoms with Gasteiger partial charge in [0.1, 0.15) is 6.33 Å². The second-order valence-electron chi connectivity index (χ2n) is 5.10. The molecule has 2 aromatic carbocycles. The first kappa shape index (κ1) is 19.0. The minimum absolute atomic E-state index is 0.0288. The molecule has 0 aliphatic carbocycles. The number of tetrazole rings is 1. The van der Waals surface area contributed by atoms with Crippen LogP contribution in [0.4, 0.5) is 23.7 Å². The second kappa shape index (κ2) is 7.84. The number of rotatable bonds is 4. The van der Waals surface area contributed by atoms with Gasteiger partial charge in [0.15, 0.2) is 0 Å². The van der Waals surface area contributed by atoms with Gasteiger partial charge in [-0.15, -0.1) is 5.10 Å². The third-order valence-corrected chi connectivity index (χ3v) is 4.37. The van der Waals surface area contributed by atoms with Crippen LogP contribution in [0.1, 0.15) is 5.56 Å². The zero-order chi connectivity index (χ0) is 19.4. The number of halogens is 4. The van der Waals surface area contributed by atoms with E-state index in [0.717, 1.165) is 29.8 Å². The van der Waals surface area contributed by atoms with Crippen LogP contribution < -0.4 is 10.0 Å². The van der Waals surface area contributed by atoms with Crippen molar-refractivity contribution in [1.29, 1.82) is 0 Å². The molecule has 2 N–H and O–H groups in total. The van der Waals surface area contributed by atoms with E-state index in [4.69, 9.17) is 11.6 Å². The Morgan fingerprint density at radius 1 is 1.15 bits per heavy atom. The normalized spacial score (nSPS) is 11.3. The maximum absolute atomic E-state index is 12.8. The SMILES string of the molecule is O=C(NSc1ccc(-n2cnnn2)cc1)Nc1ccc(Cl)c(C(F)(F)F)c1. The summed E-state index contributed by atoms with van der Waals surface area (Å²) < 4.78 is 42.5. The average molecular weight is 415 g/mol. The van der Waals surface area contributed by atoms with Gasteiger partial charge in [0.2, 0.25) is 0 Å².